The molecule has 7 heteroatoms. The number of nitrogens with zero attached hydrogens (tertiary/aromatic N) is 2. The number of benzene rings is 2. The second kappa shape index (κ2) is 15.3. The summed E-state index contributed by atoms with van der Waals surface area (Å²) in [5, 5.41) is 35.8. The van der Waals surface area contributed by atoms with Crippen LogP contribution in [0.5, 0.6) is 11.5 Å². The first-order valence-corrected chi connectivity index (χ1v) is 15.9. The van der Waals surface area contributed by atoms with Gasteiger partial charge in [-0.3, -0.25) is 9.98 Å². The maximum absolute atomic E-state index is 13.5. The number of aliphatic imine (C=N–C) groups is 2. The van der Waals surface area contributed by atoms with Crippen LogP contribution < -0.4 is 15.3 Å². The molecule has 0 spiro atoms. The Morgan fingerprint density at radius 3 is 1.18 bits per heavy atom. The van der Waals surface area contributed by atoms with Gasteiger partial charge in [-0.15, -0.1) is 0 Å². The Kier molecular flexibility index (Phi) is 13.7. The van der Waals surface area contributed by atoms with Gasteiger partial charge >= 0.3 is 16.8 Å². The predicted octanol–water partition coefficient (Wildman–Crippen LogP) is 6.63. The molecule has 0 bridgehead atoms. The van der Waals surface area contributed by atoms with Crippen LogP contribution in [-0.2, 0) is 43.2 Å². The summed E-state index contributed by atoms with van der Waals surface area (Å²) in [6.45, 7) is 26.6. The molecular formula is C38H55CoN2O4. The minimum absolute atomic E-state index is 0. The number of aliphatic carboxylic acids is 1. The van der Waals surface area contributed by atoms with Crippen molar-refractivity contribution in [1.29, 1.82) is 0 Å². The van der Waals surface area contributed by atoms with Crippen LogP contribution in [0.15, 0.2) is 34.3 Å². The Morgan fingerprint density at radius 2 is 0.933 bits per heavy atom. The molecule has 3 rings (SSSR count). The van der Waals surface area contributed by atoms with E-state index in [1.54, 1.807) is 12.4 Å². The van der Waals surface area contributed by atoms with E-state index in [4.69, 9.17) is 19.9 Å². The maximum atomic E-state index is 13.5. The summed E-state index contributed by atoms with van der Waals surface area (Å²) < 4.78 is 0. The molecule has 2 aromatic carbocycles. The number of carbonyl (C=O) groups is 1. The van der Waals surface area contributed by atoms with Crippen molar-refractivity contribution in [3.05, 3.63) is 57.6 Å². The van der Waals surface area contributed by atoms with Gasteiger partial charge in [0.25, 0.3) is 0 Å². The van der Waals surface area contributed by atoms with Gasteiger partial charge in [0.1, 0.15) is 0 Å². The van der Waals surface area contributed by atoms with E-state index in [-0.39, 0.29) is 62.0 Å². The standard InChI is InChI=1S/C36H54N2O2.C2H4O2.Co/c1-33(2,3)25-17-23(31(39)27(19-25)35(7,8)9)21-37-29-15-13-14-16-30(29)38-22-24-18-26(34(4,5)6)20-28(32(24)40)36(10,11)12;1-2(3)4;/h17-22,29-30,39-40H,13-16H2,1-12H3;1H3,(H,3,4);/q;;+3/p-3. The summed E-state index contributed by atoms with van der Waals surface area (Å²) >= 11 is 0. The molecule has 2 aromatic rings. The molecule has 45 heavy (non-hydrogen) atoms. The first-order chi connectivity index (χ1) is 19.9. The van der Waals surface area contributed by atoms with E-state index in [0.29, 0.717) is 11.1 Å². The van der Waals surface area contributed by atoms with Crippen LogP contribution in [0.4, 0.5) is 0 Å². The molecule has 1 aliphatic rings. The van der Waals surface area contributed by atoms with Crippen molar-refractivity contribution in [2.75, 3.05) is 0 Å². The van der Waals surface area contributed by atoms with Gasteiger partial charge in [0.2, 0.25) is 0 Å². The van der Waals surface area contributed by atoms with Crippen molar-refractivity contribution in [3.63, 3.8) is 0 Å². The van der Waals surface area contributed by atoms with E-state index >= 15 is 0 Å². The molecule has 0 aromatic heterocycles. The molecule has 0 heterocycles. The zero-order valence-corrected chi connectivity index (χ0v) is 30.8. The molecule has 1 aliphatic carbocycles. The van der Waals surface area contributed by atoms with E-state index in [1.807, 2.05) is 12.1 Å². The van der Waals surface area contributed by atoms with E-state index < -0.39 is 5.97 Å². The molecule has 1 fully saturated rings. The van der Waals surface area contributed by atoms with Gasteiger partial charge in [-0.1, -0.05) is 132 Å². The van der Waals surface area contributed by atoms with Gasteiger partial charge in [-0.25, -0.2) is 0 Å². The topological polar surface area (TPSA) is 111 Å². The first kappa shape index (κ1) is 40.4. The fraction of sp³-hybridized carbons (Fsp3) is 0.605. The van der Waals surface area contributed by atoms with Crippen LogP contribution in [-0.4, -0.2) is 30.5 Å². The van der Waals surface area contributed by atoms with Gasteiger partial charge in [0.05, 0.1) is 12.1 Å². The molecule has 0 amide bonds. The van der Waals surface area contributed by atoms with Crippen molar-refractivity contribution in [1.82, 2.24) is 0 Å². The SMILES string of the molecule is CC(=O)[O-].CC(C)(C)c1cc(C=NC2CCCCC2N=Cc2cc(C(C)(C)C)cc(C(C)(C)C)c2[O-])c([O-])c(C(C)(C)C)c1.[Co+3]. The minimum atomic E-state index is -1.08. The van der Waals surface area contributed by atoms with Crippen LogP contribution in [0.2, 0.25) is 0 Å². The fourth-order valence-electron chi connectivity index (χ4n) is 5.27. The zero-order valence-electron chi connectivity index (χ0n) is 29.8. The Hall–Kier alpha value is -2.64. The summed E-state index contributed by atoms with van der Waals surface area (Å²) in [4.78, 5) is 18.8. The molecule has 0 aliphatic heterocycles. The fourth-order valence-corrected chi connectivity index (χ4v) is 5.27. The number of carboxylic acids is 1. The van der Waals surface area contributed by atoms with Gasteiger partial charge in [-0.05, 0) is 74.8 Å². The van der Waals surface area contributed by atoms with Crippen molar-refractivity contribution in [2.45, 2.75) is 149 Å². The third-order valence-corrected chi connectivity index (χ3v) is 8.09. The average molecular weight is 663 g/mol. The molecule has 2 atom stereocenters. The number of carboxylic acid groups (broad SMARTS) is 1. The van der Waals surface area contributed by atoms with Crippen molar-refractivity contribution >= 4 is 18.4 Å². The second-order valence-corrected chi connectivity index (χ2v) is 16.4. The van der Waals surface area contributed by atoms with E-state index in [2.05, 4.69) is 95.2 Å². The number of rotatable bonds is 4. The number of hydrogen-bond donors (Lipinski definition) is 0. The number of hydrogen-bond acceptors (Lipinski definition) is 6. The summed E-state index contributed by atoms with van der Waals surface area (Å²) in [5.74, 6) is -0.963. The average Bonchev–Trinajstić information content (AvgIpc) is 2.84. The van der Waals surface area contributed by atoms with E-state index in [0.717, 1.165) is 54.9 Å². The molecule has 2 unspecified atom stereocenters. The monoisotopic (exact) mass is 662 g/mol. The largest absolute Gasteiger partial charge is 3.00 e. The Morgan fingerprint density at radius 1 is 0.644 bits per heavy atom. The van der Waals surface area contributed by atoms with Gasteiger partial charge < -0.3 is 20.1 Å². The first-order valence-electron chi connectivity index (χ1n) is 15.9. The molecule has 6 nitrogen and oxygen atoms in total. The summed E-state index contributed by atoms with van der Waals surface area (Å²) in [6, 6.07) is 8.15. The van der Waals surface area contributed by atoms with E-state index in [1.165, 1.54) is 0 Å². The zero-order chi connectivity index (χ0) is 33.8. The molecule has 1 saturated carbocycles. The molecule has 0 N–H and O–H groups in total. The van der Waals surface area contributed by atoms with Crippen LogP contribution in [0.1, 0.15) is 149 Å². The third-order valence-electron chi connectivity index (χ3n) is 8.09. The minimum Gasteiger partial charge on any atom is -0.872 e. The molecule has 0 radical (unpaired) electrons. The van der Waals surface area contributed by atoms with Gasteiger partial charge in [0.15, 0.2) is 0 Å². The summed E-state index contributed by atoms with van der Waals surface area (Å²) in [5.41, 5.74) is 4.62. The third kappa shape index (κ3) is 11.6. The van der Waals surface area contributed by atoms with Crippen LogP contribution in [0.3, 0.4) is 0 Å². The predicted molar refractivity (Wildman–Crippen MR) is 178 cm³/mol. The Labute approximate surface area is 283 Å². The Bertz CT molecular complexity index is 1260. The summed E-state index contributed by atoms with van der Waals surface area (Å²) in [7, 11) is 0. The normalized spacial score (nSPS) is 18.0. The maximum Gasteiger partial charge on any atom is 3.00 e. The number of carbonyl (C=O) groups excluding carboxylic acids is 1. The molecular weight excluding hydrogens is 607 g/mol. The molecule has 250 valence electrons. The smallest absolute Gasteiger partial charge is 0.872 e. The van der Waals surface area contributed by atoms with Crippen molar-refractivity contribution in [3.8, 4) is 11.5 Å². The van der Waals surface area contributed by atoms with Gasteiger partial charge in [-0.2, -0.15) is 0 Å². The quantitative estimate of drug-likeness (QED) is 0.343. The van der Waals surface area contributed by atoms with Crippen LogP contribution in [0, 0.1) is 0 Å². The second-order valence-electron chi connectivity index (χ2n) is 16.4. The summed E-state index contributed by atoms with van der Waals surface area (Å²) in [6.07, 6.45) is 7.63. The van der Waals surface area contributed by atoms with Crippen molar-refractivity contribution < 1.29 is 36.9 Å². The molecule has 0 saturated heterocycles. The van der Waals surface area contributed by atoms with Crippen LogP contribution in [0.25, 0.3) is 0 Å². The van der Waals surface area contributed by atoms with Crippen molar-refractivity contribution in [2.24, 2.45) is 9.98 Å². The Balaban J connectivity index is 0.00000191. The van der Waals surface area contributed by atoms with E-state index in [9.17, 15) is 10.2 Å². The van der Waals surface area contributed by atoms with Crippen LogP contribution >= 0.6 is 0 Å². The van der Waals surface area contributed by atoms with Gasteiger partial charge in [0, 0.05) is 18.4 Å².